The molecule has 74 valence electrons. The van der Waals surface area contributed by atoms with Crippen LogP contribution >= 0.6 is 0 Å². The molecule has 0 amide bonds. The predicted molar refractivity (Wildman–Crippen MR) is 48.1 cm³/mol. The van der Waals surface area contributed by atoms with Crippen LogP contribution in [0.1, 0.15) is 5.56 Å². The molecule has 1 heterocycles. The highest BCUT2D eigenvalue weighted by Gasteiger charge is 2.07. The normalized spacial score (nSPS) is 13.5. The quantitative estimate of drug-likeness (QED) is 0.681. The largest absolute Gasteiger partial charge is 0.472 e. The number of hydrogen-bond acceptors (Lipinski definition) is 4. The molecule has 0 fully saturated rings. The Bertz CT molecular complexity index is 223. The molecule has 0 bridgehead atoms. The zero-order valence-corrected chi connectivity index (χ0v) is 7.68. The fourth-order valence-corrected chi connectivity index (χ4v) is 1.18. The predicted octanol–water partition coefficient (Wildman–Crippen LogP) is 0.0646. The molecule has 0 aliphatic rings. The first-order valence-electron chi connectivity index (χ1n) is 4.21. The average molecular weight is 185 g/mol. The Hall–Kier alpha value is -0.840. The van der Waals surface area contributed by atoms with Crippen molar-refractivity contribution in [3.63, 3.8) is 0 Å². The van der Waals surface area contributed by atoms with Crippen LogP contribution in [0.4, 0.5) is 0 Å². The Kier molecular flexibility index (Phi) is 3.95. The molecule has 0 spiro atoms. The number of rotatable bonds is 5. The summed E-state index contributed by atoms with van der Waals surface area (Å²) in [6, 6.07) is 1.88. The van der Waals surface area contributed by atoms with Gasteiger partial charge in [0, 0.05) is 18.7 Å². The minimum Gasteiger partial charge on any atom is -0.472 e. The molecule has 1 atom stereocenters. The first-order valence-corrected chi connectivity index (χ1v) is 4.21. The minimum absolute atomic E-state index is 0.199. The van der Waals surface area contributed by atoms with Crippen molar-refractivity contribution in [2.75, 3.05) is 20.2 Å². The van der Waals surface area contributed by atoms with Crippen LogP contribution in [0.25, 0.3) is 0 Å². The lowest BCUT2D eigenvalue weighted by Gasteiger charge is -2.18. The van der Waals surface area contributed by atoms with Gasteiger partial charge in [0.25, 0.3) is 0 Å². The second kappa shape index (κ2) is 5.01. The molecular weight excluding hydrogens is 170 g/mol. The first kappa shape index (κ1) is 10.2. The van der Waals surface area contributed by atoms with Crippen molar-refractivity contribution < 1.29 is 14.6 Å². The fraction of sp³-hybridized carbons (Fsp3) is 0.556. The van der Waals surface area contributed by atoms with Gasteiger partial charge in [-0.1, -0.05) is 0 Å². The molecule has 13 heavy (non-hydrogen) atoms. The van der Waals surface area contributed by atoms with Crippen molar-refractivity contribution in [2.24, 2.45) is 0 Å². The Balaban J connectivity index is 2.29. The molecule has 1 unspecified atom stereocenters. The summed E-state index contributed by atoms with van der Waals surface area (Å²) < 4.78 is 4.91. The van der Waals surface area contributed by atoms with Crippen molar-refractivity contribution >= 4 is 0 Å². The molecule has 4 nitrogen and oxygen atoms in total. The Labute approximate surface area is 77.4 Å². The smallest absolute Gasteiger partial charge is 0.0947 e. The second-order valence-corrected chi connectivity index (χ2v) is 3.16. The first-order chi connectivity index (χ1) is 6.22. The van der Waals surface area contributed by atoms with Crippen molar-refractivity contribution in [3.8, 4) is 0 Å². The van der Waals surface area contributed by atoms with E-state index in [1.165, 1.54) is 0 Å². The Morgan fingerprint density at radius 2 is 2.38 bits per heavy atom. The third-order valence-corrected chi connectivity index (χ3v) is 1.77. The third-order valence-electron chi connectivity index (χ3n) is 1.77. The van der Waals surface area contributed by atoms with E-state index in [0.29, 0.717) is 13.1 Å². The van der Waals surface area contributed by atoms with Crippen molar-refractivity contribution in [1.29, 1.82) is 0 Å². The van der Waals surface area contributed by atoms with E-state index in [1.54, 1.807) is 12.5 Å². The number of aliphatic hydroxyl groups excluding tert-OH is 2. The van der Waals surface area contributed by atoms with Gasteiger partial charge in [-0.25, -0.2) is 0 Å². The van der Waals surface area contributed by atoms with Gasteiger partial charge >= 0.3 is 0 Å². The number of likely N-dealkylation sites (N-methyl/N-ethyl adjacent to an activating group) is 1. The van der Waals surface area contributed by atoms with Crippen LogP contribution in [-0.4, -0.2) is 41.4 Å². The van der Waals surface area contributed by atoms with Gasteiger partial charge in [0.2, 0.25) is 0 Å². The van der Waals surface area contributed by atoms with Gasteiger partial charge in [-0.2, -0.15) is 0 Å². The Morgan fingerprint density at radius 3 is 2.92 bits per heavy atom. The van der Waals surface area contributed by atoms with Crippen LogP contribution in [0.15, 0.2) is 23.0 Å². The van der Waals surface area contributed by atoms with Gasteiger partial charge in [0.15, 0.2) is 0 Å². The molecule has 0 aliphatic carbocycles. The molecule has 0 radical (unpaired) electrons. The van der Waals surface area contributed by atoms with Gasteiger partial charge in [0.05, 0.1) is 25.2 Å². The summed E-state index contributed by atoms with van der Waals surface area (Å²) in [7, 11) is 1.88. The molecule has 0 saturated carbocycles. The van der Waals surface area contributed by atoms with E-state index in [4.69, 9.17) is 14.6 Å². The topological polar surface area (TPSA) is 56.8 Å². The van der Waals surface area contributed by atoms with Crippen LogP contribution in [0.5, 0.6) is 0 Å². The molecule has 0 aliphatic heterocycles. The van der Waals surface area contributed by atoms with Gasteiger partial charge in [-0.3, -0.25) is 4.90 Å². The van der Waals surface area contributed by atoms with Gasteiger partial charge in [-0.15, -0.1) is 0 Å². The monoisotopic (exact) mass is 185 g/mol. The van der Waals surface area contributed by atoms with E-state index < -0.39 is 6.10 Å². The minimum atomic E-state index is -0.670. The maximum absolute atomic E-state index is 9.14. The van der Waals surface area contributed by atoms with Gasteiger partial charge in [-0.05, 0) is 13.1 Å². The zero-order valence-electron chi connectivity index (χ0n) is 7.68. The molecule has 4 heteroatoms. The van der Waals surface area contributed by atoms with Crippen LogP contribution in [0.2, 0.25) is 0 Å². The lowest BCUT2D eigenvalue weighted by atomic mass is 10.3. The lowest BCUT2D eigenvalue weighted by Crippen LogP contribution is -2.30. The van der Waals surface area contributed by atoms with Crippen LogP contribution in [0.3, 0.4) is 0 Å². The fourth-order valence-electron chi connectivity index (χ4n) is 1.18. The van der Waals surface area contributed by atoms with Gasteiger partial charge < -0.3 is 14.6 Å². The number of aliphatic hydroxyl groups is 2. The maximum Gasteiger partial charge on any atom is 0.0947 e. The van der Waals surface area contributed by atoms with Crippen LogP contribution in [0, 0.1) is 0 Å². The van der Waals surface area contributed by atoms with Gasteiger partial charge in [0.1, 0.15) is 0 Å². The molecule has 0 aromatic carbocycles. The summed E-state index contributed by atoms with van der Waals surface area (Å²) in [5.74, 6) is 0. The van der Waals surface area contributed by atoms with Crippen LogP contribution in [-0.2, 0) is 6.54 Å². The molecule has 0 saturated heterocycles. The number of hydrogen-bond donors (Lipinski definition) is 2. The average Bonchev–Trinajstić information content (AvgIpc) is 2.56. The highest BCUT2D eigenvalue weighted by Crippen LogP contribution is 2.03. The zero-order chi connectivity index (χ0) is 9.68. The van der Waals surface area contributed by atoms with Crippen molar-refractivity contribution in [3.05, 3.63) is 24.2 Å². The summed E-state index contributed by atoms with van der Waals surface area (Å²) in [5.41, 5.74) is 1.06. The lowest BCUT2D eigenvalue weighted by molar-refractivity contribution is 0.0647. The van der Waals surface area contributed by atoms with E-state index in [9.17, 15) is 0 Å². The summed E-state index contributed by atoms with van der Waals surface area (Å²) in [6.07, 6.45) is 2.62. The van der Waals surface area contributed by atoms with Crippen molar-refractivity contribution in [2.45, 2.75) is 12.6 Å². The third kappa shape index (κ3) is 3.59. The molecule has 2 N–H and O–H groups in total. The summed E-state index contributed by atoms with van der Waals surface area (Å²) in [4.78, 5) is 1.92. The highest BCUT2D eigenvalue weighted by molar-refractivity contribution is 5.04. The SMILES string of the molecule is CN(Cc1ccoc1)CC(O)CO. The standard InChI is InChI=1S/C9H15NO3/c1-10(5-9(12)6-11)4-8-2-3-13-7-8/h2-3,7,9,11-12H,4-6H2,1H3. The van der Waals surface area contributed by atoms with E-state index in [2.05, 4.69) is 0 Å². The summed E-state index contributed by atoms with van der Waals surface area (Å²) in [6.45, 7) is 0.977. The van der Waals surface area contributed by atoms with Crippen molar-refractivity contribution in [1.82, 2.24) is 4.90 Å². The highest BCUT2D eigenvalue weighted by atomic mass is 16.3. The second-order valence-electron chi connectivity index (χ2n) is 3.16. The Morgan fingerprint density at radius 1 is 1.62 bits per heavy atom. The van der Waals surface area contributed by atoms with E-state index >= 15 is 0 Å². The summed E-state index contributed by atoms with van der Waals surface area (Å²) in [5, 5.41) is 17.8. The molecule has 1 aromatic heterocycles. The molecule has 1 rings (SSSR count). The van der Waals surface area contributed by atoms with E-state index in [0.717, 1.165) is 5.56 Å². The number of nitrogens with zero attached hydrogens (tertiary/aromatic N) is 1. The number of furan rings is 1. The molecular formula is C9H15NO3. The summed E-state index contributed by atoms with van der Waals surface area (Å²) >= 11 is 0. The van der Waals surface area contributed by atoms with E-state index in [-0.39, 0.29) is 6.61 Å². The molecule has 1 aromatic rings. The van der Waals surface area contributed by atoms with Crippen LogP contribution < -0.4 is 0 Å². The maximum atomic E-state index is 9.14. The van der Waals surface area contributed by atoms with E-state index in [1.807, 2.05) is 18.0 Å².